The summed E-state index contributed by atoms with van der Waals surface area (Å²) in [4.78, 5) is 37.4. The van der Waals surface area contributed by atoms with E-state index in [1.165, 1.54) is 17.7 Å². The van der Waals surface area contributed by atoms with E-state index in [-0.39, 0.29) is 35.9 Å². The lowest BCUT2D eigenvalue weighted by Gasteiger charge is -2.48. The van der Waals surface area contributed by atoms with Gasteiger partial charge < -0.3 is 24.3 Å². The van der Waals surface area contributed by atoms with Crippen molar-refractivity contribution in [2.24, 2.45) is 0 Å². The number of benzene rings is 3. The number of fused-ring (bicyclic) bond motifs is 5. The lowest BCUT2D eigenvalue weighted by atomic mass is 9.85. The van der Waals surface area contributed by atoms with E-state index in [9.17, 15) is 18.4 Å². The molecule has 2 saturated heterocycles. The quantitative estimate of drug-likeness (QED) is 0.393. The van der Waals surface area contributed by atoms with Crippen molar-refractivity contribution in [3.05, 3.63) is 95.2 Å². The summed E-state index contributed by atoms with van der Waals surface area (Å²) in [6.07, 6.45) is -2.58. The Bertz CT molecular complexity index is 1720. The minimum Gasteiger partial charge on any atom is -0.395 e. The van der Waals surface area contributed by atoms with Crippen LogP contribution in [0.2, 0.25) is 0 Å². The lowest BCUT2D eigenvalue weighted by molar-refractivity contribution is -0.286. The Labute approximate surface area is 240 Å². The van der Waals surface area contributed by atoms with Gasteiger partial charge in [-0.1, -0.05) is 54.6 Å². The third-order valence-corrected chi connectivity index (χ3v) is 8.97. The Kier molecular flexibility index (Phi) is 5.59. The van der Waals surface area contributed by atoms with Gasteiger partial charge in [0.15, 0.2) is 11.5 Å². The molecular formula is C32H28F2N4O4. The summed E-state index contributed by atoms with van der Waals surface area (Å²) < 4.78 is 37.0. The first-order valence-corrected chi connectivity index (χ1v) is 14.2. The number of piperazine rings is 1. The van der Waals surface area contributed by atoms with E-state index >= 15 is 0 Å². The topological polar surface area (TPSA) is 78.1 Å². The summed E-state index contributed by atoms with van der Waals surface area (Å²) in [5.41, 5.74) is 4.41. The molecular weight excluding hydrogens is 542 g/mol. The smallest absolute Gasteiger partial charge is 0.395 e. The Morgan fingerprint density at radius 3 is 2.60 bits per heavy atom. The first-order chi connectivity index (χ1) is 20.3. The van der Waals surface area contributed by atoms with E-state index in [2.05, 4.69) is 26.8 Å². The molecule has 10 heteroatoms. The van der Waals surface area contributed by atoms with Gasteiger partial charge in [0.2, 0.25) is 11.8 Å². The van der Waals surface area contributed by atoms with Crippen LogP contribution in [0, 0.1) is 0 Å². The van der Waals surface area contributed by atoms with E-state index in [4.69, 9.17) is 4.74 Å². The van der Waals surface area contributed by atoms with E-state index < -0.39 is 18.4 Å². The fourth-order valence-corrected chi connectivity index (χ4v) is 7.13. The molecule has 4 aliphatic rings. The number of likely N-dealkylation sites (tertiary alicyclic amines) is 1. The Balaban J connectivity index is 1.14. The highest BCUT2D eigenvalue weighted by Gasteiger charge is 2.51. The number of aromatic amines is 1. The number of rotatable bonds is 4. The average molecular weight is 571 g/mol. The van der Waals surface area contributed by atoms with Crippen molar-refractivity contribution in [2.75, 3.05) is 19.6 Å². The van der Waals surface area contributed by atoms with Crippen LogP contribution in [0.4, 0.5) is 8.78 Å². The van der Waals surface area contributed by atoms with Crippen molar-refractivity contribution < 1.29 is 27.8 Å². The number of aromatic nitrogens is 1. The summed E-state index contributed by atoms with van der Waals surface area (Å²) in [6.45, 7) is 2.34. The van der Waals surface area contributed by atoms with Gasteiger partial charge in [-0.15, -0.1) is 8.78 Å². The highest BCUT2D eigenvalue weighted by atomic mass is 19.3. The number of halogens is 2. The maximum atomic E-state index is 14.2. The third-order valence-electron chi connectivity index (χ3n) is 8.97. The number of carbonyl (C=O) groups is 2. The molecule has 0 aliphatic carbocycles. The van der Waals surface area contributed by atoms with Crippen LogP contribution in [-0.4, -0.2) is 69.5 Å². The van der Waals surface area contributed by atoms with Crippen LogP contribution < -0.4 is 9.47 Å². The van der Waals surface area contributed by atoms with Crippen LogP contribution in [0.15, 0.2) is 72.8 Å². The number of alkyl halides is 2. The highest BCUT2D eigenvalue weighted by molar-refractivity contribution is 5.98. The van der Waals surface area contributed by atoms with Gasteiger partial charge in [-0.25, -0.2) is 0 Å². The van der Waals surface area contributed by atoms with E-state index in [0.29, 0.717) is 18.5 Å². The number of hydrogen-bond donors (Lipinski definition) is 1. The van der Waals surface area contributed by atoms with Crippen molar-refractivity contribution in [1.82, 2.24) is 19.7 Å². The molecule has 3 aromatic carbocycles. The second kappa shape index (κ2) is 9.29. The predicted octanol–water partition coefficient (Wildman–Crippen LogP) is 4.45. The molecule has 8 nitrogen and oxygen atoms in total. The molecule has 1 N–H and O–H groups in total. The molecule has 0 unspecified atom stereocenters. The van der Waals surface area contributed by atoms with Crippen molar-refractivity contribution in [3.8, 4) is 11.5 Å². The zero-order valence-electron chi connectivity index (χ0n) is 22.6. The lowest BCUT2D eigenvalue weighted by Crippen LogP contribution is -2.65. The molecule has 0 spiro atoms. The molecule has 0 radical (unpaired) electrons. The van der Waals surface area contributed by atoms with Gasteiger partial charge in [-0.3, -0.25) is 14.5 Å². The maximum Gasteiger partial charge on any atom is 0.586 e. The standard InChI is InChI=1S/C32H28F2N4O4/c33-32(34)41-26-11-10-20(14-27(26)42-32)30-29-23(22-8-4-5-9-24(22)35-29)15-25-31(40)37(18-28(39)38(25)30)21-12-13-36(17-21)16-19-6-2-1-3-7-19/h1-11,14,21,25,30,35H,12-13,15-18H2/t21-,25+,30+/m0/s1. The van der Waals surface area contributed by atoms with Crippen molar-refractivity contribution in [3.63, 3.8) is 0 Å². The maximum absolute atomic E-state index is 14.2. The molecule has 2 amide bonds. The Hall–Kier alpha value is -4.44. The summed E-state index contributed by atoms with van der Waals surface area (Å²) >= 11 is 0. The van der Waals surface area contributed by atoms with E-state index in [1.54, 1.807) is 15.9 Å². The SMILES string of the molecule is O=C1[C@H]2Cc3c([nH]c4ccccc34)[C@@H](c3ccc4c(c3)OC(F)(F)O4)N2C(=O)CN1[C@H]1CCN(Cc2ccccc2)C1. The number of para-hydroxylation sites is 1. The first-order valence-electron chi connectivity index (χ1n) is 14.2. The molecule has 4 aliphatic heterocycles. The van der Waals surface area contributed by atoms with Crippen LogP contribution >= 0.6 is 0 Å². The largest absolute Gasteiger partial charge is 0.586 e. The Morgan fingerprint density at radius 2 is 1.74 bits per heavy atom. The number of H-pyrrole nitrogens is 1. The number of ether oxygens (including phenoxy) is 2. The van der Waals surface area contributed by atoms with Gasteiger partial charge in [0.1, 0.15) is 12.6 Å². The Morgan fingerprint density at radius 1 is 0.952 bits per heavy atom. The number of carbonyl (C=O) groups excluding carboxylic acids is 2. The van der Waals surface area contributed by atoms with Crippen molar-refractivity contribution in [2.45, 2.75) is 43.8 Å². The fraction of sp³-hybridized carbons (Fsp3) is 0.312. The van der Waals surface area contributed by atoms with Gasteiger partial charge in [-0.2, -0.15) is 0 Å². The van der Waals surface area contributed by atoms with E-state index in [0.717, 1.165) is 41.7 Å². The van der Waals surface area contributed by atoms with Gasteiger partial charge in [0.05, 0.1) is 6.04 Å². The molecule has 0 saturated carbocycles. The summed E-state index contributed by atoms with van der Waals surface area (Å²) in [5, 5.41) is 0.983. The molecule has 0 bridgehead atoms. The van der Waals surface area contributed by atoms with Crippen molar-refractivity contribution >= 4 is 22.7 Å². The molecule has 5 heterocycles. The molecule has 8 rings (SSSR count). The molecule has 42 heavy (non-hydrogen) atoms. The monoisotopic (exact) mass is 570 g/mol. The number of amides is 2. The molecule has 4 aromatic rings. The second-order valence-electron chi connectivity index (χ2n) is 11.5. The van der Waals surface area contributed by atoms with Gasteiger partial charge >= 0.3 is 6.29 Å². The second-order valence-corrected chi connectivity index (χ2v) is 11.5. The molecule has 3 atom stereocenters. The number of hydrogen-bond acceptors (Lipinski definition) is 5. The average Bonchev–Trinajstić information content (AvgIpc) is 3.68. The van der Waals surface area contributed by atoms with Gasteiger partial charge in [-0.05, 0) is 41.3 Å². The molecule has 1 aromatic heterocycles. The van der Waals surface area contributed by atoms with Crippen LogP contribution in [0.3, 0.4) is 0 Å². The third kappa shape index (κ3) is 4.04. The van der Waals surface area contributed by atoms with Crippen LogP contribution in [0.25, 0.3) is 10.9 Å². The van der Waals surface area contributed by atoms with E-state index in [1.807, 2.05) is 42.5 Å². The predicted molar refractivity (Wildman–Crippen MR) is 149 cm³/mol. The van der Waals surface area contributed by atoms with Gasteiger partial charge in [0, 0.05) is 48.7 Å². The summed E-state index contributed by atoms with van der Waals surface area (Å²) in [6, 6.07) is 21.2. The first kappa shape index (κ1) is 25.3. The minimum atomic E-state index is -3.75. The molecule has 2 fully saturated rings. The van der Waals surface area contributed by atoms with Crippen molar-refractivity contribution in [1.29, 1.82) is 0 Å². The zero-order chi connectivity index (χ0) is 28.6. The van der Waals surface area contributed by atoms with Gasteiger partial charge in [0.25, 0.3) is 0 Å². The number of nitrogens with zero attached hydrogens (tertiary/aromatic N) is 3. The fourth-order valence-electron chi connectivity index (χ4n) is 7.13. The highest BCUT2D eigenvalue weighted by Crippen LogP contribution is 2.47. The zero-order valence-corrected chi connectivity index (χ0v) is 22.6. The molecule has 214 valence electrons. The van der Waals surface area contributed by atoms with Crippen LogP contribution in [0.5, 0.6) is 11.5 Å². The number of nitrogens with one attached hydrogen (secondary N) is 1. The van der Waals surface area contributed by atoms with Crippen LogP contribution in [0.1, 0.15) is 34.8 Å². The minimum absolute atomic E-state index is 0.0200. The normalized spacial score (nSPS) is 24.8. The summed E-state index contributed by atoms with van der Waals surface area (Å²) in [5.74, 6) is -0.409. The summed E-state index contributed by atoms with van der Waals surface area (Å²) in [7, 11) is 0. The van der Waals surface area contributed by atoms with Crippen LogP contribution in [-0.2, 0) is 22.6 Å².